The molecule has 0 aliphatic carbocycles. The minimum atomic E-state index is -1.65. The van der Waals surface area contributed by atoms with Crippen LogP contribution in [0.2, 0.25) is 5.15 Å². The Kier molecular flexibility index (Phi) is 1.54. The second kappa shape index (κ2) is 3.22. The average molecular weight is 237 g/mol. The van der Waals surface area contributed by atoms with Gasteiger partial charge in [-0.1, -0.05) is 11.6 Å². The summed E-state index contributed by atoms with van der Waals surface area (Å²) >= 11 is 6.08. The van der Waals surface area contributed by atoms with E-state index in [1.54, 1.807) is 37.2 Å². The normalized spacial score (nSPS) is 18.6. The number of hydrogen-bond acceptors (Lipinski definition) is 3. The van der Waals surface area contributed by atoms with Gasteiger partial charge in [-0.05, 0) is 6.07 Å². The number of fused-ring (bicyclic) bond motifs is 3. The Morgan fingerprint density at radius 3 is 3.12 bits per heavy atom. The lowest BCUT2D eigenvalue weighted by molar-refractivity contribution is 0.770. The molecule has 0 unspecified atom stereocenters. The fourth-order valence-corrected chi connectivity index (χ4v) is 2.23. The van der Waals surface area contributed by atoms with E-state index in [9.17, 15) is 0 Å². The zero-order valence-corrected chi connectivity index (χ0v) is 9.65. The summed E-state index contributed by atoms with van der Waals surface area (Å²) in [6.45, 7) is -1.65. The standard InChI is InChI=1S/C11H11ClN4/c1-15-5-7-6-16(2)14-9(7)8-3-4-13-11(12)10(8)15/h3-4,6H,5H2,1-2H3/i5D2. The van der Waals surface area contributed by atoms with E-state index in [2.05, 4.69) is 10.1 Å². The van der Waals surface area contributed by atoms with Crippen LogP contribution in [0, 0.1) is 0 Å². The van der Waals surface area contributed by atoms with E-state index in [1.165, 1.54) is 4.90 Å². The third-order valence-electron chi connectivity index (χ3n) is 2.59. The third kappa shape index (κ3) is 1.23. The molecule has 0 saturated heterocycles. The largest absolute Gasteiger partial charge is 0.367 e. The Bertz CT molecular complexity index is 638. The molecule has 16 heavy (non-hydrogen) atoms. The summed E-state index contributed by atoms with van der Waals surface area (Å²) in [6, 6.07) is 1.80. The van der Waals surface area contributed by atoms with E-state index in [0.717, 1.165) is 5.56 Å². The molecule has 2 aromatic heterocycles. The number of nitrogens with zero attached hydrogens (tertiary/aromatic N) is 4. The van der Waals surface area contributed by atoms with Gasteiger partial charge in [0.1, 0.15) is 0 Å². The van der Waals surface area contributed by atoms with Crippen molar-refractivity contribution in [1.82, 2.24) is 14.8 Å². The molecular weight excluding hydrogens is 224 g/mol. The highest BCUT2D eigenvalue weighted by Crippen LogP contribution is 2.40. The van der Waals surface area contributed by atoms with Crippen LogP contribution in [-0.4, -0.2) is 21.8 Å². The molecule has 5 heteroatoms. The lowest BCUT2D eigenvalue weighted by atomic mass is 10.0. The summed E-state index contributed by atoms with van der Waals surface area (Å²) in [5.74, 6) is 0. The highest BCUT2D eigenvalue weighted by atomic mass is 35.5. The Balaban J connectivity index is 2.40. The Hall–Kier alpha value is -1.55. The molecule has 0 bridgehead atoms. The van der Waals surface area contributed by atoms with Gasteiger partial charge in [0.05, 0.1) is 14.1 Å². The Labute approximate surface area is 101 Å². The first-order chi connectivity index (χ1) is 8.43. The van der Waals surface area contributed by atoms with Crippen LogP contribution >= 0.6 is 11.6 Å². The summed E-state index contributed by atoms with van der Waals surface area (Å²) in [5.41, 5.74) is 2.56. The number of aromatic nitrogens is 3. The number of pyridine rings is 1. The van der Waals surface area contributed by atoms with Gasteiger partial charge in [0.15, 0.2) is 5.15 Å². The maximum Gasteiger partial charge on any atom is 0.152 e. The molecule has 0 fully saturated rings. The van der Waals surface area contributed by atoms with Gasteiger partial charge in [-0.2, -0.15) is 5.10 Å². The smallest absolute Gasteiger partial charge is 0.152 e. The average Bonchev–Trinajstić information content (AvgIpc) is 2.69. The van der Waals surface area contributed by atoms with Crippen LogP contribution in [0.3, 0.4) is 0 Å². The van der Waals surface area contributed by atoms with Crippen molar-refractivity contribution >= 4 is 17.3 Å². The van der Waals surface area contributed by atoms with Crippen molar-refractivity contribution in [2.24, 2.45) is 7.05 Å². The second-order valence-electron chi connectivity index (χ2n) is 3.73. The molecule has 82 valence electrons. The predicted octanol–water partition coefficient (Wildman–Crippen LogP) is 2.09. The molecule has 3 rings (SSSR count). The molecule has 0 aromatic carbocycles. The number of hydrogen-bond donors (Lipinski definition) is 0. The SMILES string of the molecule is [2H]C1([2H])c2cn(C)nc2-c2ccnc(Cl)c2N1C. The molecule has 0 radical (unpaired) electrons. The van der Waals surface area contributed by atoms with Crippen molar-refractivity contribution in [3.63, 3.8) is 0 Å². The molecule has 0 atom stereocenters. The van der Waals surface area contributed by atoms with Crippen LogP contribution in [0.4, 0.5) is 5.69 Å². The zero-order valence-electron chi connectivity index (χ0n) is 10.9. The van der Waals surface area contributed by atoms with Gasteiger partial charge in [-0.15, -0.1) is 0 Å². The second-order valence-corrected chi connectivity index (χ2v) is 4.09. The van der Waals surface area contributed by atoms with Crippen molar-refractivity contribution in [1.29, 1.82) is 0 Å². The van der Waals surface area contributed by atoms with Crippen LogP contribution in [0.1, 0.15) is 8.30 Å². The Morgan fingerprint density at radius 2 is 2.31 bits per heavy atom. The summed E-state index contributed by atoms with van der Waals surface area (Å²) < 4.78 is 18.0. The maximum atomic E-state index is 8.21. The summed E-state index contributed by atoms with van der Waals surface area (Å²) in [4.78, 5) is 5.51. The van der Waals surface area contributed by atoms with Gasteiger partial charge < -0.3 is 4.90 Å². The molecule has 3 heterocycles. The van der Waals surface area contributed by atoms with Crippen LogP contribution in [0.25, 0.3) is 11.3 Å². The maximum absolute atomic E-state index is 8.21. The van der Waals surface area contributed by atoms with E-state index < -0.39 is 6.50 Å². The monoisotopic (exact) mass is 236 g/mol. The highest BCUT2D eigenvalue weighted by molar-refractivity contribution is 6.32. The van der Waals surface area contributed by atoms with Gasteiger partial charge in [0.25, 0.3) is 0 Å². The third-order valence-corrected chi connectivity index (χ3v) is 2.86. The van der Waals surface area contributed by atoms with E-state index >= 15 is 0 Å². The van der Waals surface area contributed by atoms with Gasteiger partial charge in [-0.25, -0.2) is 4.98 Å². The number of anilines is 1. The number of rotatable bonds is 0. The van der Waals surface area contributed by atoms with Crippen molar-refractivity contribution < 1.29 is 2.74 Å². The fourth-order valence-electron chi connectivity index (χ4n) is 1.94. The molecule has 0 spiro atoms. The zero-order chi connectivity index (χ0) is 13.1. The van der Waals surface area contributed by atoms with Gasteiger partial charge in [-0.3, -0.25) is 4.68 Å². The molecule has 4 nitrogen and oxygen atoms in total. The number of aryl methyl sites for hydroxylation is 1. The molecular formula is C11H11ClN4. The highest BCUT2D eigenvalue weighted by Gasteiger charge is 2.24. The first-order valence-corrected chi connectivity index (χ1v) is 5.23. The van der Waals surface area contributed by atoms with Crippen LogP contribution in [-0.2, 0) is 13.5 Å². The van der Waals surface area contributed by atoms with Gasteiger partial charge in [0, 0.05) is 44.1 Å². The van der Waals surface area contributed by atoms with Gasteiger partial charge >= 0.3 is 0 Å². The Morgan fingerprint density at radius 1 is 1.50 bits per heavy atom. The van der Waals surface area contributed by atoms with Crippen molar-refractivity contribution in [2.75, 3.05) is 11.9 Å². The molecule has 1 aliphatic heterocycles. The van der Waals surface area contributed by atoms with Crippen LogP contribution < -0.4 is 4.90 Å². The molecule has 1 aliphatic rings. The minimum Gasteiger partial charge on any atom is -0.367 e. The lowest BCUT2D eigenvalue weighted by Crippen LogP contribution is -2.21. The lowest BCUT2D eigenvalue weighted by Gasteiger charge is -2.26. The topological polar surface area (TPSA) is 34.0 Å². The summed E-state index contributed by atoms with van der Waals surface area (Å²) in [6.07, 6.45) is 3.30. The van der Waals surface area contributed by atoms with Crippen molar-refractivity contribution in [2.45, 2.75) is 6.50 Å². The van der Waals surface area contributed by atoms with Crippen LogP contribution in [0.5, 0.6) is 0 Å². The van der Waals surface area contributed by atoms with Crippen molar-refractivity contribution in [3.05, 3.63) is 29.2 Å². The molecule has 2 aromatic rings. The van der Waals surface area contributed by atoms with E-state index in [-0.39, 0.29) is 5.15 Å². The molecule has 0 N–H and O–H groups in total. The molecule has 0 saturated carbocycles. The van der Waals surface area contributed by atoms with E-state index in [0.29, 0.717) is 16.9 Å². The fraction of sp³-hybridized carbons (Fsp3) is 0.273. The first kappa shape index (κ1) is 7.68. The molecule has 0 amide bonds. The predicted molar refractivity (Wildman–Crippen MR) is 63.6 cm³/mol. The van der Waals surface area contributed by atoms with Gasteiger partial charge in [0.2, 0.25) is 0 Å². The summed E-state index contributed by atoms with van der Waals surface area (Å²) in [7, 11) is 3.44. The number of halogens is 1. The van der Waals surface area contributed by atoms with Crippen LogP contribution in [0.15, 0.2) is 18.5 Å². The first-order valence-electron chi connectivity index (χ1n) is 5.85. The summed E-state index contributed by atoms with van der Waals surface area (Å²) in [5, 5.41) is 4.61. The minimum absolute atomic E-state index is 0.287. The van der Waals surface area contributed by atoms with E-state index in [4.69, 9.17) is 14.3 Å². The van der Waals surface area contributed by atoms with Crippen molar-refractivity contribution in [3.8, 4) is 11.3 Å². The quantitative estimate of drug-likeness (QED) is 0.657. The van der Waals surface area contributed by atoms with E-state index in [1.807, 2.05) is 0 Å².